The van der Waals surface area contributed by atoms with Gasteiger partial charge in [-0.1, -0.05) is 12.1 Å². The molecule has 0 aromatic heterocycles. The van der Waals surface area contributed by atoms with Crippen LogP contribution < -0.4 is 5.73 Å². The van der Waals surface area contributed by atoms with Crippen LogP contribution in [0.2, 0.25) is 0 Å². The molecule has 0 aliphatic heterocycles. The van der Waals surface area contributed by atoms with Gasteiger partial charge in [-0.3, -0.25) is 4.79 Å². The molecule has 0 bridgehead atoms. The first-order valence-corrected chi connectivity index (χ1v) is 7.52. The Kier molecular flexibility index (Phi) is 4.66. The van der Waals surface area contributed by atoms with Gasteiger partial charge >= 0.3 is 5.97 Å². The molecule has 0 fully saturated rings. The van der Waals surface area contributed by atoms with Gasteiger partial charge < -0.3 is 10.5 Å². The number of ether oxygens (including phenoxy) is 1. The highest BCUT2D eigenvalue weighted by Crippen LogP contribution is 2.09. The highest BCUT2D eigenvalue weighted by molar-refractivity contribution is 7.89. The fourth-order valence-electron chi connectivity index (χ4n) is 1.33. The normalized spacial score (nSPS) is 12.7. The summed E-state index contributed by atoms with van der Waals surface area (Å²) in [6.07, 6.45) is 0.118. The molecule has 2 N–H and O–H groups in total. The molecule has 7 heteroatoms. The Balaban J connectivity index is 2.76. The third-order valence-corrected chi connectivity index (χ3v) is 3.16. The molecule has 6 nitrogen and oxygen atoms in total. The first kappa shape index (κ1) is 15.2. The number of esters is 1. The van der Waals surface area contributed by atoms with E-state index in [1.807, 2.05) is 0 Å². The molecule has 0 heterocycles. The van der Waals surface area contributed by atoms with E-state index in [-0.39, 0.29) is 11.3 Å². The first-order chi connectivity index (χ1) is 8.69. The largest absolute Gasteiger partial charge is 0.449 e. The topological polar surface area (TPSA) is 104 Å². The summed E-state index contributed by atoms with van der Waals surface area (Å²) in [6.45, 7) is 1.37. The van der Waals surface area contributed by atoms with Crippen molar-refractivity contribution in [3.63, 3.8) is 0 Å². The van der Waals surface area contributed by atoms with E-state index >= 15 is 0 Å². The van der Waals surface area contributed by atoms with Gasteiger partial charge in [0.25, 0.3) is 5.91 Å². The van der Waals surface area contributed by atoms with Crippen molar-refractivity contribution in [2.45, 2.75) is 18.8 Å². The summed E-state index contributed by atoms with van der Waals surface area (Å²) in [7, 11) is -3.12. The molecule has 1 atom stereocenters. The van der Waals surface area contributed by atoms with Crippen molar-refractivity contribution in [2.24, 2.45) is 5.73 Å². The standard InChI is InChI=1S/C12H15NO5S/c1-8(11(13)14)18-12(15)10-5-3-9(4-6-10)7-19(2,16)17/h3-6,8H,7H2,1-2H3,(H2,13,14)/t8-/m0/s1. The number of carbonyl (C=O) groups excluding carboxylic acids is 2. The quantitative estimate of drug-likeness (QED) is 0.782. The van der Waals surface area contributed by atoms with Gasteiger partial charge in [0, 0.05) is 6.26 Å². The molecule has 0 aliphatic rings. The van der Waals surface area contributed by atoms with Crippen molar-refractivity contribution in [1.29, 1.82) is 0 Å². The Hall–Kier alpha value is -1.89. The lowest BCUT2D eigenvalue weighted by Gasteiger charge is -2.09. The van der Waals surface area contributed by atoms with E-state index in [4.69, 9.17) is 10.5 Å². The molecule has 0 saturated carbocycles. The Labute approximate surface area is 111 Å². The second kappa shape index (κ2) is 5.83. The third kappa shape index (κ3) is 5.09. The van der Waals surface area contributed by atoms with Crippen LogP contribution in [0.15, 0.2) is 24.3 Å². The number of primary amides is 1. The lowest BCUT2D eigenvalue weighted by atomic mass is 10.1. The van der Waals surface area contributed by atoms with E-state index in [9.17, 15) is 18.0 Å². The number of sulfone groups is 1. The minimum atomic E-state index is -3.12. The molecule has 0 spiro atoms. The van der Waals surface area contributed by atoms with Crippen molar-refractivity contribution < 1.29 is 22.7 Å². The number of carbonyl (C=O) groups is 2. The SMILES string of the molecule is C[C@H](OC(=O)c1ccc(CS(C)(=O)=O)cc1)C(N)=O. The maximum absolute atomic E-state index is 11.6. The van der Waals surface area contributed by atoms with Crippen molar-refractivity contribution in [3.8, 4) is 0 Å². The number of nitrogens with two attached hydrogens (primary N) is 1. The van der Waals surface area contributed by atoms with E-state index in [1.54, 1.807) is 0 Å². The Morgan fingerprint density at radius 2 is 1.79 bits per heavy atom. The highest BCUT2D eigenvalue weighted by atomic mass is 32.2. The number of hydrogen-bond donors (Lipinski definition) is 1. The van der Waals surface area contributed by atoms with E-state index in [0.29, 0.717) is 5.56 Å². The zero-order valence-corrected chi connectivity index (χ0v) is 11.4. The van der Waals surface area contributed by atoms with Crippen LogP contribution in [0.1, 0.15) is 22.8 Å². The molecule has 0 unspecified atom stereocenters. The molecule has 1 aromatic rings. The monoisotopic (exact) mass is 285 g/mol. The smallest absolute Gasteiger partial charge is 0.338 e. The van der Waals surface area contributed by atoms with Crippen molar-refractivity contribution in [2.75, 3.05) is 6.26 Å². The van der Waals surface area contributed by atoms with Gasteiger partial charge in [-0.05, 0) is 24.6 Å². The maximum Gasteiger partial charge on any atom is 0.338 e. The Morgan fingerprint density at radius 3 is 2.21 bits per heavy atom. The zero-order valence-electron chi connectivity index (χ0n) is 10.6. The number of amides is 1. The molecular formula is C12H15NO5S. The lowest BCUT2D eigenvalue weighted by Crippen LogP contribution is -2.30. The molecule has 0 aliphatic carbocycles. The van der Waals surface area contributed by atoms with Crippen molar-refractivity contribution >= 4 is 21.7 Å². The molecule has 1 rings (SSSR count). The molecule has 0 saturated heterocycles. The minimum absolute atomic E-state index is 0.0972. The molecule has 1 amide bonds. The van der Waals surface area contributed by atoms with Gasteiger partial charge in [-0.25, -0.2) is 13.2 Å². The summed E-state index contributed by atoms with van der Waals surface area (Å²) in [6, 6.07) is 5.92. The second-order valence-corrected chi connectivity index (χ2v) is 6.36. The van der Waals surface area contributed by atoms with Crippen LogP contribution in [0.4, 0.5) is 0 Å². The number of hydrogen-bond acceptors (Lipinski definition) is 5. The van der Waals surface area contributed by atoms with Gasteiger partial charge in [-0.15, -0.1) is 0 Å². The second-order valence-electron chi connectivity index (χ2n) is 4.22. The van der Waals surface area contributed by atoms with Crippen LogP contribution in [0, 0.1) is 0 Å². The van der Waals surface area contributed by atoms with Crippen molar-refractivity contribution in [1.82, 2.24) is 0 Å². The number of rotatable bonds is 5. The van der Waals surface area contributed by atoms with Crippen LogP contribution in [-0.2, 0) is 25.1 Å². The van der Waals surface area contributed by atoms with Gasteiger partial charge in [0.15, 0.2) is 15.9 Å². The Bertz CT molecular complexity index is 577. The van der Waals surface area contributed by atoms with Gasteiger partial charge in [0.1, 0.15) is 0 Å². The fourth-order valence-corrected chi connectivity index (χ4v) is 2.12. The van der Waals surface area contributed by atoms with Crippen LogP contribution in [0.3, 0.4) is 0 Å². The van der Waals surface area contributed by atoms with Gasteiger partial charge in [0.2, 0.25) is 0 Å². The maximum atomic E-state index is 11.6. The highest BCUT2D eigenvalue weighted by Gasteiger charge is 2.16. The summed E-state index contributed by atoms with van der Waals surface area (Å²) < 4.78 is 27.0. The zero-order chi connectivity index (χ0) is 14.6. The minimum Gasteiger partial charge on any atom is -0.449 e. The van der Waals surface area contributed by atoms with Crippen LogP contribution in [0.25, 0.3) is 0 Å². The summed E-state index contributed by atoms with van der Waals surface area (Å²) in [5.41, 5.74) is 5.77. The first-order valence-electron chi connectivity index (χ1n) is 5.46. The van der Waals surface area contributed by atoms with Crippen LogP contribution in [0.5, 0.6) is 0 Å². The molecular weight excluding hydrogens is 270 g/mol. The fraction of sp³-hybridized carbons (Fsp3) is 0.333. The Morgan fingerprint density at radius 1 is 1.26 bits per heavy atom. The van der Waals surface area contributed by atoms with Crippen molar-refractivity contribution in [3.05, 3.63) is 35.4 Å². The lowest BCUT2D eigenvalue weighted by molar-refractivity contribution is -0.125. The molecule has 19 heavy (non-hydrogen) atoms. The number of benzene rings is 1. The summed E-state index contributed by atoms with van der Waals surface area (Å²) in [4.78, 5) is 22.4. The average molecular weight is 285 g/mol. The van der Waals surface area contributed by atoms with Crippen LogP contribution >= 0.6 is 0 Å². The van der Waals surface area contributed by atoms with Gasteiger partial charge in [-0.2, -0.15) is 0 Å². The van der Waals surface area contributed by atoms with E-state index < -0.39 is 27.8 Å². The van der Waals surface area contributed by atoms with E-state index in [0.717, 1.165) is 6.26 Å². The summed E-state index contributed by atoms with van der Waals surface area (Å²) >= 11 is 0. The molecule has 1 aromatic carbocycles. The van der Waals surface area contributed by atoms with E-state index in [2.05, 4.69) is 0 Å². The average Bonchev–Trinajstić information content (AvgIpc) is 2.27. The molecule has 104 valence electrons. The summed E-state index contributed by atoms with van der Waals surface area (Å²) in [5.74, 6) is -1.51. The van der Waals surface area contributed by atoms with Crippen LogP contribution in [-0.4, -0.2) is 32.7 Å². The summed E-state index contributed by atoms with van der Waals surface area (Å²) in [5, 5.41) is 0. The molecule has 0 radical (unpaired) electrons. The third-order valence-electron chi connectivity index (χ3n) is 2.30. The van der Waals surface area contributed by atoms with E-state index in [1.165, 1.54) is 31.2 Å². The van der Waals surface area contributed by atoms with Gasteiger partial charge in [0.05, 0.1) is 11.3 Å². The predicted molar refractivity (Wildman–Crippen MR) is 69.1 cm³/mol. The predicted octanol–water partition coefficient (Wildman–Crippen LogP) is 0.262.